The minimum Gasteiger partial charge on any atom is -0.396 e. The Morgan fingerprint density at radius 3 is 2.78 bits per heavy atom. The van der Waals surface area contributed by atoms with E-state index in [0.717, 1.165) is 5.82 Å². The van der Waals surface area contributed by atoms with Crippen LogP contribution < -0.4 is 16.0 Å². The zero-order chi connectivity index (χ0) is 19.6. The molecule has 3 rings (SSSR count). The highest BCUT2D eigenvalue weighted by Crippen LogP contribution is 2.23. The summed E-state index contributed by atoms with van der Waals surface area (Å²) in [4.78, 5) is 14.9. The maximum atomic E-state index is 9.22. The molecule has 0 radical (unpaired) electrons. The van der Waals surface area contributed by atoms with Crippen molar-refractivity contribution < 1.29 is 10.2 Å². The van der Waals surface area contributed by atoms with Crippen LogP contribution in [0.25, 0.3) is 5.65 Å². The minimum atomic E-state index is -0.639. The molecule has 0 unspecified atom stereocenters. The summed E-state index contributed by atoms with van der Waals surface area (Å²) in [7, 11) is 3.80. The Labute approximate surface area is 155 Å². The zero-order valence-electron chi connectivity index (χ0n) is 15.0. The number of nitrogens with zero attached hydrogens (tertiary/aromatic N) is 6. The average molecular weight is 371 g/mol. The van der Waals surface area contributed by atoms with Crippen LogP contribution in [-0.2, 0) is 0 Å². The monoisotopic (exact) mass is 371 g/mol. The van der Waals surface area contributed by atoms with Gasteiger partial charge < -0.3 is 26.2 Å². The summed E-state index contributed by atoms with van der Waals surface area (Å²) < 4.78 is 1.65. The number of nitrogens with two attached hydrogens (primary N) is 1. The molecule has 2 aromatic rings. The first-order valence-electron chi connectivity index (χ1n) is 8.16. The summed E-state index contributed by atoms with van der Waals surface area (Å²) in [6, 6.07) is 1.19. The van der Waals surface area contributed by atoms with Gasteiger partial charge in [-0.05, 0) is 12.1 Å². The van der Waals surface area contributed by atoms with Gasteiger partial charge >= 0.3 is 0 Å². The van der Waals surface area contributed by atoms with Gasteiger partial charge in [-0.15, -0.1) is 0 Å². The van der Waals surface area contributed by atoms with E-state index < -0.39 is 6.04 Å². The average Bonchev–Trinajstić information content (AvgIpc) is 3.05. The lowest BCUT2D eigenvalue weighted by Crippen LogP contribution is -2.45. The van der Waals surface area contributed by atoms with Crippen LogP contribution in [0.2, 0.25) is 0 Å². The Hall–Kier alpha value is -3.31. The highest BCUT2D eigenvalue weighted by molar-refractivity contribution is 6.48. The van der Waals surface area contributed by atoms with E-state index in [1.807, 2.05) is 25.1 Å². The van der Waals surface area contributed by atoms with Crippen LogP contribution in [0.3, 0.4) is 0 Å². The fourth-order valence-electron chi connectivity index (χ4n) is 2.46. The van der Waals surface area contributed by atoms with E-state index in [0.29, 0.717) is 11.3 Å². The van der Waals surface area contributed by atoms with Gasteiger partial charge in [0.05, 0.1) is 36.9 Å². The van der Waals surface area contributed by atoms with Gasteiger partial charge in [0.25, 0.3) is 0 Å². The van der Waals surface area contributed by atoms with Crippen LogP contribution in [-0.4, -0.2) is 75.5 Å². The van der Waals surface area contributed by atoms with E-state index in [1.165, 1.54) is 6.08 Å². The molecule has 1 aliphatic rings. The standard InChI is InChI=1S/C16H21N9O2/c1-24(2)13-3-4-19-16-12(6-20-25(13)16)22-15-11(18)5-10(17)14(23-15)21-9(7-26)8-27/h3-6,9,17,26-27H,7-8,18H2,1-2H3,(H,21,22,23). The maximum absolute atomic E-state index is 9.22. The van der Waals surface area contributed by atoms with Gasteiger partial charge in [-0.1, -0.05) is 0 Å². The van der Waals surface area contributed by atoms with Crippen molar-refractivity contribution in [2.45, 2.75) is 6.04 Å². The molecule has 27 heavy (non-hydrogen) atoms. The smallest absolute Gasteiger partial charge is 0.183 e. The molecule has 0 saturated heterocycles. The lowest BCUT2D eigenvalue weighted by atomic mass is 10.2. The minimum absolute atomic E-state index is 0.0335. The third kappa shape index (κ3) is 3.64. The van der Waals surface area contributed by atoms with Gasteiger partial charge in [-0.2, -0.15) is 9.61 Å². The number of aliphatic hydroxyl groups is 2. The fraction of sp³-hybridized carbons (Fsp3) is 0.312. The summed E-state index contributed by atoms with van der Waals surface area (Å²) in [5.41, 5.74) is 7.23. The number of amidine groups is 2. The lowest BCUT2D eigenvalue weighted by molar-refractivity contribution is 0.184. The predicted octanol–water partition coefficient (Wildman–Crippen LogP) is -0.957. The predicted molar refractivity (Wildman–Crippen MR) is 103 cm³/mol. The molecule has 0 saturated carbocycles. The molecule has 0 bridgehead atoms. The Morgan fingerprint density at radius 2 is 2.11 bits per heavy atom. The van der Waals surface area contributed by atoms with Crippen LogP contribution in [0, 0.1) is 5.41 Å². The summed E-state index contributed by atoms with van der Waals surface area (Å²) in [5.74, 6) is 1.18. The van der Waals surface area contributed by atoms with Gasteiger partial charge in [0.2, 0.25) is 0 Å². The first-order valence-corrected chi connectivity index (χ1v) is 8.16. The zero-order valence-corrected chi connectivity index (χ0v) is 15.0. The van der Waals surface area contributed by atoms with E-state index in [1.54, 1.807) is 16.9 Å². The van der Waals surface area contributed by atoms with E-state index in [4.69, 9.17) is 11.1 Å². The Bertz CT molecular complexity index is 954. The molecular formula is C16H21N9O2. The Kier molecular flexibility index (Phi) is 5.14. The normalized spacial score (nSPS) is 16.0. The molecule has 0 amide bonds. The topological polar surface area (TPSA) is 161 Å². The number of rotatable bonds is 5. The van der Waals surface area contributed by atoms with Crippen molar-refractivity contribution in [2.75, 3.05) is 32.2 Å². The summed E-state index contributed by atoms with van der Waals surface area (Å²) in [6.45, 7) is -0.612. The van der Waals surface area contributed by atoms with E-state index in [-0.39, 0.29) is 36.3 Å². The molecule has 11 nitrogen and oxygen atoms in total. The van der Waals surface area contributed by atoms with E-state index >= 15 is 0 Å². The third-order valence-electron chi connectivity index (χ3n) is 3.86. The maximum Gasteiger partial charge on any atom is 0.183 e. The van der Waals surface area contributed by atoms with Crippen LogP contribution >= 0.6 is 0 Å². The van der Waals surface area contributed by atoms with Gasteiger partial charge in [0.1, 0.15) is 11.5 Å². The van der Waals surface area contributed by atoms with Crippen LogP contribution in [0.15, 0.2) is 40.2 Å². The number of anilines is 1. The van der Waals surface area contributed by atoms with Crippen LogP contribution in [0.5, 0.6) is 0 Å². The largest absolute Gasteiger partial charge is 0.396 e. The molecule has 142 valence electrons. The molecule has 11 heteroatoms. The van der Waals surface area contributed by atoms with Gasteiger partial charge in [-0.3, -0.25) is 5.41 Å². The number of fused-ring (bicyclic) bond motifs is 1. The molecule has 0 fully saturated rings. The number of aromatic nitrogens is 3. The molecule has 1 aliphatic heterocycles. The quantitative estimate of drug-likeness (QED) is 0.452. The Balaban J connectivity index is 2.01. The van der Waals surface area contributed by atoms with Crippen molar-refractivity contribution in [1.82, 2.24) is 19.9 Å². The molecular weight excluding hydrogens is 350 g/mol. The summed E-state index contributed by atoms with van der Waals surface area (Å²) in [6.07, 6.45) is 4.63. The number of aliphatic hydroxyl groups excluding tert-OH is 2. The van der Waals surface area contributed by atoms with E-state index in [2.05, 4.69) is 25.4 Å². The van der Waals surface area contributed by atoms with Gasteiger partial charge in [0.15, 0.2) is 17.3 Å². The molecule has 0 aliphatic carbocycles. The number of dihydropyridines is 1. The third-order valence-corrected chi connectivity index (χ3v) is 3.86. The first kappa shape index (κ1) is 18.5. The number of nitrogens with one attached hydrogen (secondary N) is 2. The van der Waals surface area contributed by atoms with Gasteiger partial charge in [0, 0.05) is 20.3 Å². The second kappa shape index (κ2) is 7.51. The Morgan fingerprint density at radius 1 is 1.37 bits per heavy atom. The first-order chi connectivity index (χ1) is 12.9. The molecule has 3 heterocycles. The highest BCUT2D eigenvalue weighted by Gasteiger charge is 2.20. The second-order valence-electron chi connectivity index (χ2n) is 6.08. The molecule has 2 aromatic heterocycles. The number of aliphatic imine (C=N–C) groups is 2. The van der Waals surface area contributed by atoms with E-state index in [9.17, 15) is 10.2 Å². The summed E-state index contributed by atoms with van der Waals surface area (Å²) >= 11 is 0. The molecule has 0 atom stereocenters. The van der Waals surface area contributed by atoms with Crippen molar-refractivity contribution >= 4 is 34.5 Å². The molecule has 0 aromatic carbocycles. The number of hydrogen-bond acceptors (Lipinski definition) is 9. The van der Waals surface area contributed by atoms with Crippen molar-refractivity contribution in [3.05, 3.63) is 30.2 Å². The van der Waals surface area contributed by atoms with Crippen molar-refractivity contribution in [1.29, 1.82) is 5.41 Å². The fourth-order valence-corrected chi connectivity index (χ4v) is 2.46. The van der Waals surface area contributed by atoms with Crippen molar-refractivity contribution in [3.8, 4) is 0 Å². The van der Waals surface area contributed by atoms with Gasteiger partial charge in [-0.25, -0.2) is 15.0 Å². The SMILES string of the molecule is CN(C)c1ccnc2c(/N=C3\N=C(NC(CO)CO)C(=N)C=C3N)cnn12. The number of hydrogen-bond donors (Lipinski definition) is 5. The van der Waals surface area contributed by atoms with Crippen LogP contribution in [0.4, 0.5) is 11.5 Å². The lowest BCUT2D eigenvalue weighted by Gasteiger charge is -2.19. The molecule has 6 N–H and O–H groups in total. The summed E-state index contributed by atoms with van der Waals surface area (Å²) in [5, 5.41) is 33.5. The molecule has 0 spiro atoms. The van der Waals surface area contributed by atoms with Crippen molar-refractivity contribution in [2.24, 2.45) is 15.7 Å². The second-order valence-corrected chi connectivity index (χ2v) is 6.08. The van der Waals surface area contributed by atoms with Crippen LogP contribution in [0.1, 0.15) is 0 Å². The highest BCUT2D eigenvalue weighted by atomic mass is 16.3. The van der Waals surface area contributed by atoms with Crippen molar-refractivity contribution in [3.63, 3.8) is 0 Å².